The van der Waals surface area contributed by atoms with E-state index in [1.54, 1.807) is 20.8 Å². The van der Waals surface area contributed by atoms with E-state index in [-0.39, 0.29) is 13.0 Å². The Bertz CT molecular complexity index is 773. The molecule has 1 aliphatic rings. The molecule has 0 aliphatic heterocycles. The second-order valence-corrected chi connectivity index (χ2v) is 8.17. The number of carbonyl (C=O) groups excluding carboxylic acids is 3. The number of nitrogens with zero attached hydrogens (tertiary/aromatic N) is 1. The summed E-state index contributed by atoms with van der Waals surface area (Å²) in [5.74, 6) is -1.12. The predicted molar refractivity (Wildman–Crippen MR) is 99.5 cm³/mol. The maximum atomic E-state index is 12.0. The third kappa shape index (κ3) is 6.25. The van der Waals surface area contributed by atoms with Crippen LogP contribution in [0.2, 0.25) is 0 Å². The fraction of sp³-hybridized carbons (Fsp3) is 0.556. The maximum absolute atomic E-state index is 12.0. The minimum absolute atomic E-state index is 0.0472. The van der Waals surface area contributed by atoms with Gasteiger partial charge in [0, 0.05) is 11.4 Å². The summed E-state index contributed by atoms with van der Waals surface area (Å²) < 4.78 is 9.93. The lowest BCUT2D eigenvalue weighted by atomic mass is 10.1. The van der Waals surface area contributed by atoms with Crippen LogP contribution in [-0.2, 0) is 31.9 Å². The molecule has 2 N–H and O–H groups in total. The van der Waals surface area contributed by atoms with Crippen LogP contribution in [0.15, 0.2) is 0 Å². The standard InChI is InChI=1S/C18H23N3O5S/c1-18(2,3)26-17(24)20-8-7-15(23)25-10-14(22)21-16-12(9-19)11-5-4-6-13(11)27-16/h4-8,10H2,1-3H3,(H,20,24)(H,21,22). The number of aryl methyl sites for hydroxylation is 1. The summed E-state index contributed by atoms with van der Waals surface area (Å²) in [6.07, 6.45) is 2.10. The van der Waals surface area contributed by atoms with Crippen molar-refractivity contribution in [3.05, 3.63) is 16.0 Å². The van der Waals surface area contributed by atoms with E-state index >= 15 is 0 Å². The highest BCUT2D eigenvalue weighted by molar-refractivity contribution is 7.16. The van der Waals surface area contributed by atoms with E-state index < -0.39 is 30.2 Å². The lowest BCUT2D eigenvalue weighted by molar-refractivity contribution is -0.147. The SMILES string of the molecule is CC(C)(C)OC(=O)NCCC(=O)OCC(=O)Nc1sc2c(c1C#N)CCC2. The third-order valence-corrected chi connectivity index (χ3v) is 4.85. The molecule has 0 atom stereocenters. The van der Waals surface area contributed by atoms with E-state index in [9.17, 15) is 19.6 Å². The van der Waals surface area contributed by atoms with Crippen molar-refractivity contribution in [3.63, 3.8) is 0 Å². The summed E-state index contributed by atoms with van der Waals surface area (Å²) in [5.41, 5.74) is 0.907. The molecule has 0 aromatic carbocycles. The molecule has 0 bridgehead atoms. The maximum Gasteiger partial charge on any atom is 0.407 e. The molecule has 0 unspecified atom stereocenters. The van der Waals surface area contributed by atoms with E-state index in [0.717, 1.165) is 29.7 Å². The van der Waals surface area contributed by atoms with Gasteiger partial charge in [-0.2, -0.15) is 5.26 Å². The van der Waals surface area contributed by atoms with Gasteiger partial charge >= 0.3 is 12.1 Å². The van der Waals surface area contributed by atoms with E-state index in [1.807, 2.05) is 0 Å². The Kier molecular flexibility index (Phi) is 6.80. The molecule has 146 valence electrons. The number of carbonyl (C=O) groups is 3. The van der Waals surface area contributed by atoms with E-state index in [1.165, 1.54) is 11.3 Å². The number of nitriles is 1. The van der Waals surface area contributed by atoms with Gasteiger partial charge in [0.25, 0.3) is 5.91 Å². The second kappa shape index (κ2) is 8.86. The van der Waals surface area contributed by atoms with Crippen LogP contribution in [0.25, 0.3) is 0 Å². The fourth-order valence-electron chi connectivity index (χ4n) is 2.57. The Morgan fingerprint density at radius 3 is 2.67 bits per heavy atom. The third-order valence-electron chi connectivity index (χ3n) is 3.65. The monoisotopic (exact) mass is 393 g/mol. The number of amides is 2. The van der Waals surface area contributed by atoms with Gasteiger partial charge in [-0.25, -0.2) is 4.79 Å². The molecule has 0 saturated carbocycles. The minimum atomic E-state index is -0.622. The Hall–Kier alpha value is -2.60. The molecular formula is C18H23N3O5S. The molecule has 2 amide bonds. The number of hydrogen-bond acceptors (Lipinski definition) is 7. The Labute approximate surface area is 161 Å². The molecule has 9 heteroatoms. The summed E-state index contributed by atoms with van der Waals surface area (Å²) in [4.78, 5) is 36.2. The molecule has 1 heterocycles. The molecular weight excluding hydrogens is 370 g/mol. The number of thiophene rings is 1. The highest BCUT2D eigenvalue weighted by Crippen LogP contribution is 2.38. The number of hydrogen-bond donors (Lipinski definition) is 2. The van der Waals surface area contributed by atoms with Gasteiger partial charge in [-0.05, 0) is 45.6 Å². The van der Waals surface area contributed by atoms with Gasteiger partial charge in [-0.1, -0.05) is 0 Å². The number of nitrogens with one attached hydrogen (secondary N) is 2. The van der Waals surface area contributed by atoms with Crippen LogP contribution < -0.4 is 10.6 Å². The summed E-state index contributed by atoms with van der Waals surface area (Å²) >= 11 is 1.40. The number of fused-ring (bicyclic) bond motifs is 1. The highest BCUT2D eigenvalue weighted by atomic mass is 32.1. The van der Waals surface area contributed by atoms with Gasteiger partial charge in [0.2, 0.25) is 0 Å². The summed E-state index contributed by atoms with van der Waals surface area (Å²) in [6, 6.07) is 2.14. The van der Waals surface area contributed by atoms with Crippen LogP contribution in [0.5, 0.6) is 0 Å². The van der Waals surface area contributed by atoms with Crippen LogP contribution in [-0.4, -0.2) is 36.7 Å². The van der Waals surface area contributed by atoms with Crippen LogP contribution in [0.4, 0.5) is 9.80 Å². The van der Waals surface area contributed by atoms with Gasteiger partial charge in [0.05, 0.1) is 12.0 Å². The highest BCUT2D eigenvalue weighted by Gasteiger charge is 2.23. The minimum Gasteiger partial charge on any atom is -0.456 e. The molecule has 1 aliphatic carbocycles. The van der Waals surface area contributed by atoms with Crippen LogP contribution in [0.3, 0.4) is 0 Å². The molecule has 0 spiro atoms. The first-order valence-electron chi connectivity index (χ1n) is 8.66. The molecule has 0 saturated heterocycles. The molecule has 0 radical (unpaired) electrons. The van der Waals surface area contributed by atoms with E-state index in [2.05, 4.69) is 16.7 Å². The zero-order valence-electron chi connectivity index (χ0n) is 15.6. The first-order valence-corrected chi connectivity index (χ1v) is 9.48. The summed E-state index contributed by atoms with van der Waals surface area (Å²) in [6.45, 7) is 4.81. The van der Waals surface area contributed by atoms with Crippen LogP contribution >= 0.6 is 11.3 Å². The lowest BCUT2D eigenvalue weighted by Gasteiger charge is -2.19. The van der Waals surface area contributed by atoms with Gasteiger partial charge < -0.3 is 20.1 Å². The van der Waals surface area contributed by atoms with E-state index in [0.29, 0.717) is 10.6 Å². The number of ether oxygens (including phenoxy) is 2. The normalized spacial score (nSPS) is 12.7. The van der Waals surface area contributed by atoms with Crippen molar-refractivity contribution in [2.45, 2.75) is 52.1 Å². The molecule has 0 fully saturated rings. The van der Waals surface area contributed by atoms with Crippen molar-refractivity contribution < 1.29 is 23.9 Å². The van der Waals surface area contributed by atoms with Crippen molar-refractivity contribution in [2.75, 3.05) is 18.5 Å². The Morgan fingerprint density at radius 1 is 1.26 bits per heavy atom. The van der Waals surface area contributed by atoms with Crippen LogP contribution in [0, 0.1) is 11.3 Å². The Balaban J connectivity index is 1.71. The van der Waals surface area contributed by atoms with Crippen molar-refractivity contribution >= 4 is 34.3 Å². The molecule has 1 aromatic rings. The van der Waals surface area contributed by atoms with Gasteiger partial charge in [-0.15, -0.1) is 11.3 Å². The first-order chi connectivity index (χ1) is 12.7. The van der Waals surface area contributed by atoms with Gasteiger partial charge in [0.1, 0.15) is 16.7 Å². The van der Waals surface area contributed by atoms with Crippen LogP contribution in [0.1, 0.15) is 49.6 Å². The smallest absolute Gasteiger partial charge is 0.407 e. The van der Waals surface area contributed by atoms with Crippen molar-refractivity contribution in [3.8, 4) is 6.07 Å². The first kappa shape index (κ1) is 20.7. The number of esters is 1. The van der Waals surface area contributed by atoms with E-state index in [4.69, 9.17) is 9.47 Å². The zero-order chi connectivity index (χ0) is 20.0. The summed E-state index contributed by atoms with van der Waals surface area (Å²) in [7, 11) is 0. The average molecular weight is 393 g/mol. The van der Waals surface area contributed by atoms with Crippen molar-refractivity contribution in [2.24, 2.45) is 0 Å². The average Bonchev–Trinajstić information content (AvgIpc) is 3.11. The largest absolute Gasteiger partial charge is 0.456 e. The summed E-state index contributed by atoms with van der Waals surface area (Å²) in [5, 5.41) is 14.9. The molecule has 27 heavy (non-hydrogen) atoms. The fourth-order valence-corrected chi connectivity index (χ4v) is 3.83. The number of rotatable bonds is 6. The quantitative estimate of drug-likeness (QED) is 0.717. The molecule has 2 rings (SSSR count). The number of alkyl carbamates (subject to hydrolysis) is 1. The molecule has 1 aromatic heterocycles. The molecule has 8 nitrogen and oxygen atoms in total. The van der Waals surface area contributed by atoms with Gasteiger partial charge in [-0.3, -0.25) is 9.59 Å². The lowest BCUT2D eigenvalue weighted by Crippen LogP contribution is -2.34. The second-order valence-electron chi connectivity index (χ2n) is 7.06. The van der Waals surface area contributed by atoms with Crippen molar-refractivity contribution in [1.29, 1.82) is 5.26 Å². The topological polar surface area (TPSA) is 118 Å². The van der Waals surface area contributed by atoms with Gasteiger partial charge in [0.15, 0.2) is 6.61 Å². The van der Waals surface area contributed by atoms with Crippen molar-refractivity contribution in [1.82, 2.24) is 5.32 Å². The zero-order valence-corrected chi connectivity index (χ0v) is 16.5. The Morgan fingerprint density at radius 2 is 2.00 bits per heavy atom. The predicted octanol–water partition coefficient (Wildman–Crippen LogP) is 2.50. The number of anilines is 1.